The molecule has 0 saturated heterocycles. The fourth-order valence-electron chi connectivity index (χ4n) is 1.15. The number of para-hydroxylation sites is 1. The molecule has 0 aliphatic heterocycles. The van der Waals surface area contributed by atoms with E-state index in [1.165, 1.54) is 0 Å². The van der Waals surface area contributed by atoms with Crippen LogP contribution >= 0.6 is 11.6 Å². The quantitative estimate of drug-likeness (QED) is 0.788. The van der Waals surface area contributed by atoms with Gasteiger partial charge >= 0.3 is 0 Å². The molecule has 15 heavy (non-hydrogen) atoms. The van der Waals surface area contributed by atoms with Crippen LogP contribution in [0.5, 0.6) is 0 Å². The number of nitrogens with zero attached hydrogens (tertiary/aromatic N) is 1. The molecule has 1 aromatic carbocycles. The molecule has 82 valence electrons. The van der Waals surface area contributed by atoms with E-state index < -0.39 is 0 Å². The summed E-state index contributed by atoms with van der Waals surface area (Å²) in [4.78, 5) is 13.6. The number of nitrogens with two attached hydrogens (primary N) is 1. The van der Waals surface area contributed by atoms with Gasteiger partial charge in [-0.1, -0.05) is 17.7 Å². The normalized spacial score (nSPS) is 10.5. The minimum absolute atomic E-state index is 0.106. The van der Waals surface area contributed by atoms with Crippen molar-refractivity contribution in [2.75, 3.05) is 12.8 Å². The molecule has 0 heterocycles. The monoisotopic (exact) mass is 226 g/mol. The summed E-state index contributed by atoms with van der Waals surface area (Å²) in [5.41, 5.74) is 6.54. The minimum Gasteiger partial charge on any atom is -0.397 e. The number of hydrogen-bond acceptors (Lipinski definition) is 2. The van der Waals surface area contributed by atoms with E-state index in [0.717, 1.165) is 0 Å². The molecule has 0 bridgehead atoms. The number of anilines is 1. The standard InChI is InChI=1S/C11H15ClN2O/c1-7(2)14(3)11(15)8-5-4-6-9(12)10(8)13/h4-7H,13H2,1-3H3. The summed E-state index contributed by atoms with van der Waals surface area (Å²) in [7, 11) is 1.74. The fraction of sp³-hybridized carbons (Fsp3) is 0.364. The molecule has 0 fully saturated rings. The summed E-state index contributed by atoms with van der Waals surface area (Å²) in [6, 6.07) is 5.21. The first-order valence-electron chi connectivity index (χ1n) is 4.76. The zero-order valence-corrected chi connectivity index (χ0v) is 9.88. The molecule has 2 N–H and O–H groups in total. The molecule has 3 nitrogen and oxygen atoms in total. The number of hydrogen-bond donors (Lipinski definition) is 1. The van der Waals surface area contributed by atoms with Crippen LogP contribution in [0.2, 0.25) is 5.02 Å². The van der Waals surface area contributed by atoms with Crippen molar-refractivity contribution in [3.63, 3.8) is 0 Å². The Bertz CT molecular complexity index is 377. The molecule has 0 unspecified atom stereocenters. The number of carbonyl (C=O) groups is 1. The van der Waals surface area contributed by atoms with Crippen molar-refractivity contribution in [2.24, 2.45) is 0 Å². The van der Waals surface area contributed by atoms with Gasteiger partial charge < -0.3 is 10.6 Å². The van der Waals surface area contributed by atoms with Crippen LogP contribution in [-0.2, 0) is 0 Å². The lowest BCUT2D eigenvalue weighted by molar-refractivity contribution is 0.0756. The highest BCUT2D eigenvalue weighted by molar-refractivity contribution is 6.33. The van der Waals surface area contributed by atoms with E-state index in [9.17, 15) is 4.79 Å². The van der Waals surface area contributed by atoms with E-state index >= 15 is 0 Å². The second kappa shape index (κ2) is 4.53. The fourth-order valence-corrected chi connectivity index (χ4v) is 1.32. The Labute approximate surface area is 94.8 Å². The highest BCUT2D eigenvalue weighted by Crippen LogP contribution is 2.23. The second-order valence-electron chi connectivity index (χ2n) is 3.71. The van der Waals surface area contributed by atoms with Gasteiger partial charge in [-0.3, -0.25) is 4.79 Å². The third-order valence-electron chi connectivity index (χ3n) is 2.38. The predicted molar refractivity (Wildman–Crippen MR) is 63.1 cm³/mol. The number of nitrogen functional groups attached to an aromatic ring is 1. The molecule has 0 aliphatic carbocycles. The van der Waals surface area contributed by atoms with Crippen molar-refractivity contribution in [1.82, 2.24) is 4.90 Å². The van der Waals surface area contributed by atoms with Crippen LogP contribution in [0.4, 0.5) is 5.69 Å². The van der Waals surface area contributed by atoms with Crippen LogP contribution in [-0.4, -0.2) is 23.9 Å². The molecule has 0 saturated carbocycles. The highest BCUT2D eigenvalue weighted by atomic mass is 35.5. The smallest absolute Gasteiger partial charge is 0.255 e. The molecule has 0 aromatic heterocycles. The van der Waals surface area contributed by atoms with Crippen molar-refractivity contribution in [3.8, 4) is 0 Å². The molecule has 0 atom stereocenters. The minimum atomic E-state index is -0.106. The Hall–Kier alpha value is -1.22. The third-order valence-corrected chi connectivity index (χ3v) is 2.71. The molecule has 0 spiro atoms. The largest absolute Gasteiger partial charge is 0.397 e. The van der Waals surface area contributed by atoms with Crippen LogP contribution < -0.4 is 5.73 Å². The van der Waals surface area contributed by atoms with Crippen molar-refractivity contribution in [2.45, 2.75) is 19.9 Å². The van der Waals surface area contributed by atoms with Gasteiger partial charge in [0.2, 0.25) is 0 Å². The van der Waals surface area contributed by atoms with Crippen molar-refractivity contribution >= 4 is 23.2 Å². The summed E-state index contributed by atoms with van der Waals surface area (Å²) in [5.74, 6) is -0.106. The van der Waals surface area contributed by atoms with Crippen molar-refractivity contribution in [1.29, 1.82) is 0 Å². The van der Waals surface area contributed by atoms with E-state index in [4.69, 9.17) is 17.3 Å². The van der Waals surface area contributed by atoms with Crippen LogP contribution in [0.3, 0.4) is 0 Å². The van der Waals surface area contributed by atoms with E-state index in [-0.39, 0.29) is 11.9 Å². The zero-order chi connectivity index (χ0) is 11.6. The average molecular weight is 227 g/mol. The van der Waals surface area contributed by atoms with E-state index in [2.05, 4.69) is 0 Å². The zero-order valence-electron chi connectivity index (χ0n) is 9.12. The molecule has 1 aromatic rings. The highest BCUT2D eigenvalue weighted by Gasteiger charge is 2.17. The Morgan fingerprint density at radius 2 is 2.07 bits per heavy atom. The maximum Gasteiger partial charge on any atom is 0.255 e. The van der Waals surface area contributed by atoms with Gasteiger partial charge in [0.05, 0.1) is 16.3 Å². The second-order valence-corrected chi connectivity index (χ2v) is 4.12. The van der Waals surface area contributed by atoms with E-state index in [1.807, 2.05) is 13.8 Å². The Morgan fingerprint density at radius 1 is 1.47 bits per heavy atom. The average Bonchev–Trinajstić information content (AvgIpc) is 2.20. The first kappa shape index (κ1) is 11.9. The first-order chi connectivity index (χ1) is 6.95. The van der Waals surface area contributed by atoms with Crippen LogP contribution in [0.15, 0.2) is 18.2 Å². The predicted octanol–water partition coefficient (Wildman–Crippen LogP) is 2.40. The van der Waals surface area contributed by atoms with Crippen molar-refractivity contribution < 1.29 is 4.79 Å². The molecular formula is C11H15ClN2O. The number of amides is 1. The number of rotatable bonds is 2. The van der Waals surface area contributed by atoms with Gasteiger partial charge in [-0.05, 0) is 26.0 Å². The van der Waals surface area contributed by atoms with E-state index in [0.29, 0.717) is 16.3 Å². The number of carbonyl (C=O) groups excluding carboxylic acids is 1. The summed E-state index contributed by atoms with van der Waals surface area (Å²) >= 11 is 5.85. The van der Waals surface area contributed by atoms with Crippen LogP contribution in [0.25, 0.3) is 0 Å². The van der Waals surface area contributed by atoms with Gasteiger partial charge in [0.1, 0.15) is 0 Å². The summed E-state index contributed by atoms with van der Waals surface area (Å²) in [5, 5.41) is 0.415. The maximum atomic E-state index is 11.9. The maximum absolute atomic E-state index is 11.9. The molecule has 0 radical (unpaired) electrons. The Morgan fingerprint density at radius 3 is 2.60 bits per heavy atom. The first-order valence-corrected chi connectivity index (χ1v) is 5.14. The third kappa shape index (κ3) is 2.42. The number of halogens is 1. The lowest BCUT2D eigenvalue weighted by Gasteiger charge is -2.22. The lowest BCUT2D eigenvalue weighted by atomic mass is 10.1. The van der Waals surface area contributed by atoms with Crippen LogP contribution in [0.1, 0.15) is 24.2 Å². The van der Waals surface area contributed by atoms with E-state index in [1.54, 1.807) is 30.1 Å². The molecule has 1 amide bonds. The lowest BCUT2D eigenvalue weighted by Crippen LogP contribution is -2.33. The molecular weight excluding hydrogens is 212 g/mol. The van der Waals surface area contributed by atoms with Gasteiger partial charge in [0, 0.05) is 13.1 Å². The van der Waals surface area contributed by atoms with Crippen LogP contribution in [0, 0.1) is 0 Å². The number of benzene rings is 1. The SMILES string of the molecule is CC(C)N(C)C(=O)c1cccc(Cl)c1N. The van der Waals surface area contributed by atoms with Gasteiger partial charge in [0.15, 0.2) is 0 Å². The molecule has 1 rings (SSSR count). The Kier molecular flexibility index (Phi) is 3.58. The summed E-state index contributed by atoms with van der Waals surface area (Å²) in [6.45, 7) is 3.89. The van der Waals surface area contributed by atoms with Gasteiger partial charge in [-0.2, -0.15) is 0 Å². The van der Waals surface area contributed by atoms with Gasteiger partial charge in [-0.15, -0.1) is 0 Å². The van der Waals surface area contributed by atoms with Crippen molar-refractivity contribution in [3.05, 3.63) is 28.8 Å². The summed E-state index contributed by atoms with van der Waals surface area (Å²) < 4.78 is 0. The summed E-state index contributed by atoms with van der Waals surface area (Å²) in [6.07, 6.45) is 0. The van der Waals surface area contributed by atoms with Gasteiger partial charge in [-0.25, -0.2) is 0 Å². The van der Waals surface area contributed by atoms with Gasteiger partial charge in [0.25, 0.3) is 5.91 Å². The molecule has 0 aliphatic rings. The topological polar surface area (TPSA) is 46.3 Å². The Balaban J connectivity index is 3.07. The molecule has 4 heteroatoms.